The summed E-state index contributed by atoms with van der Waals surface area (Å²) in [5.41, 5.74) is 0. The first-order valence-corrected chi connectivity index (χ1v) is 3.71. The molecule has 38 valence electrons. The van der Waals surface area contributed by atoms with Crippen molar-refractivity contribution < 1.29 is 4.43 Å². The largest absolute Gasteiger partial charge is 0.416 e. The molecule has 0 N–H and O–H groups in total. The molecule has 0 fully saturated rings. The highest BCUT2D eigenvalue weighted by Gasteiger charge is 1.90. The fraction of sp³-hybridized carbons (Fsp3) is 1.00. The van der Waals surface area contributed by atoms with Crippen LogP contribution in [0, 0.1) is 0 Å². The first-order chi connectivity index (χ1) is 2.81. The minimum Gasteiger partial charge on any atom is -0.416 e. The highest BCUT2D eigenvalue weighted by atomic mass is 79.9. The Balaban J connectivity index is 2.75. The fourth-order valence-electron chi connectivity index (χ4n) is 0.167. The lowest BCUT2D eigenvalue weighted by molar-refractivity contribution is 0.319. The average molecular weight is 169 g/mol. The van der Waals surface area contributed by atoms with E-state index in [0.717, 1.165) is 16.9 Å². The van der Waals surface area contributed by atoms with Crippen LogP contribution in [-0.4, -0.2) is 15.5 Å². The first kappa shape index (κ1) is 6.66. The van der Waals surface area contributed by atoms with Crippen LogP contribution >= 0.6 is 15.9 Å². The Morgan fingerprint density at radius 1 is 2.00 bits per heavy atom. The quantitative estimate of drug-likeness (QED) is 0.430. The lowest BCUT2D eigenvalue weighted by Gasteiger charge is -2.00. The molecule has 1 nitrogen and oxygen atoms in total. The van der Waals surface area contributed by atoms with Gasteiger partial charge in [0.2, 0.25) is 0 Å². The van der Waals surface area contributed by atoms with Gasteiger partial charge in [0.25, 0.3) is 0 Å². The molecule has 1 atom stereocenters. The second-order valence-corrected chi connectivity index (χ2v) is 2.55. The van der Waals surface area contributed by atoms with E-state index in [2.05, 4.69) is 22.9 Å². The molecule has 0 aliphatic heterocycles. The van der Waals surface area contributed by atoms with E-state index in [4.69, 9.17) is 4.43 Å². The zero-order valence-electron chi connectivity index (χ0n) is 4.07. The molecule has 0 heterocycles. The van der Waals surface area contributed by atoms with Crippen LogP contribution in [0.25, 0.3) is 0 Å². The van der Waals surface area contributed by atoms with Crippen LogP contribution in [-0.2, 0) is 4.43 Å². The molecule has 0 radical (unpaired) electrons. The number of rotatable bonds is 2. The summed E-state index contributed by atoms with van der Waals surface area (Å²) in [5, 5.41) is 0.309. The van der Waals surface area contributed by atoms with Crippen molar-refractivity contribution in [2.45, 2.75) is 18.4 Å². The van der Waals surface area contributed by atoms with E-state index < -0.39 is 0 Å². The lowest BCUT2D eigenvalue weighted by atomic mass is 10.5. The summed E-state index contributed by atoms with van der Waals surface area (Å²) in [6, 6.07) is 0. The zero-order valence-corrected chi connectivity index (χ0v) is 7.66. The van der Waals surface area contributed by atoms with E-state index in [9.17, 15) is 0 Å². The molecular weight excluding hydrogens is 160 g/mol. The van der Waals surface area contributed by atoms with Gasteiger partial charge in [-0.25, -0.2) is 0 Å². The van der Waals surface area contributed by atoms with Crippen LogP contribution in [0.3, 0.4) is 0 Å². The van der Waals surface area contributed by atoms with Crippen LogP contribution in [0.5, 0.6) is 0 Å². The van der Waals surface area contributed by atoms with Gasteiger partial charge in [-0.2, -0.15) is 0 Å². The molecule has 0 aliphatic rings. The van der Waals surface area contributed by atoms with Crippen LogP contribution in [0.4, 0.5) is 0 Å². The molecule has 0 bridgehead atoms. The molecule has 0 aromatic heterocycles. The Bertz CT molecular complexity index is 30.0. The summed E-state index contributed by atoms with van der Waals surface area (Å²) in [6.45, 7) is 2.08. The van der Waals surface area contributed by atoms with Crippen molar-refractivity contribution in [1.29, 1.82) is 0 Å². The van der Waals surface area contributed by atoms with E-state index in [1.165, 1.54) is 0 Å². The van der Waals surface area contributed by atoms with Gasteiger partial charge in [0, 0.05) is 0 Å². The van der Waals surface area contributed by atoms with Gasteiger partial charge >= 0.3 is 0 Å². The highest BCUT2D eigenvalue weighted by Crippen LogP contribution is 2.01. The standard InChI is InChI=1S/C3H9BrOSi/c1-2-3(4)5-6/h3H,2H2,1,6H3. The molecule has 0 spiro atoms. The predicted molar refractivity (Wildman–Crippen MR) is 34.0 cm³/mol. The molecule has 0 aromatic carbocycles. The summed E-state index contributed by atoms with van der Waals surface area (Å²) >= 11 is 3.29. The smallest absolute Gasteiger partial charge is 0.147 e. The Kier molecular flexibility index (Phi) is 4.25. The first-order valence-electron chi connectivity index (χ1n) is 1.98. The molecule has 0 amide bonds. The van der Waals surface area contributed by atoms with Crippen molar-refractivity contribution in [2.24, 2.45) is 0 Å². The van der Waals surface area contributed by atoms with Crippen LogP contribution in [0.1, 0.15) is 13.3 Å². The van der Waals surface area contributed by atoms with Gasteiger partial charge in [0.05, 0.1) is 5.01 Å². The van der Waals surface area contributed by atoms with E-state index in [-0.39, 0.29) is 0 Å². The van der Waals surface area contributed by atoms with Gasteiger partial charge in [-0.1, -0.05) is 22.9 Å². The molecule has 3 heteroatoms. The normalized spacial score (nSPS) is 15.0. The van der Waals surface area contributed by atoms with Crippen molar-refractivity contribution in [3.05, 3.63) is 0 Å². The number of halogens is 1. The number of hydrogen-bond acceptors (Lipinski definition) is 1. The Morgan fingerprint density at radius 3 is 2.50 bits per heavy atom. The second kappa shape index (κ2) is 3.83. The second-order valence-electron chi connectivity index (χ2n) is 1.05. The number of alkyl halides is 1. The van der Waals surface area contributed by atoms with Crippen molar-refractivity contribution >= 4 is 26.4 Å². The predicted octanol–water partition coefficient (Wildman–Crippen LogP) is 0.414. The molecule has 1 unspecified atom stereocenters. The third kappa shape index (κ3) is 2.87. The van der Waals surface area contributed by atoms with Gasteiger partial charge < -0.3 is 4.43 Å². The monoisotopic (exact) mass is 168 g/mol. The van der Waals surface area contributed by atoms with Crippen LogP contribution < -0.4 is 0 Å². The zero-order chi connectivity index (χ0) is 4.99. The molecule has 0 saturated heterocycles. The third-order valence-corrected chi connectivity index (χ3v) is 2.86. The summed E-state index contributed by atoms with van der Waals surface area (Å²) in [4.78, 5) is 0. The third-order valence-electron chi connectivity index (χ3n) is 0.577. The van der Waals surface area contributed by atoms with Gasteiger partial charge in [0.1, 0.15) is 10.5 Å². The van der Waals surface area contributed by atoms with Gasteiger partial charge in [-0.15, -0.1) is 0 Å². The van der Waals surface area contributed by atoms with Crippen molar-refractivity contribution in [1.82, 2.24) is 0 Å². The Hall–Kier alpha value is 0.657. The fourth-order valence-corrected chi connectivity index (χ4v) is 0.500. The molecule has 0 aliphatic carbocycles. The summed E-state index contributed by atoms with van der Waals surface area (Å²) < 4.78 is 4.95. The topological polar surface area (TPSA) is 9.23 Å². The summed E-state index contributed by atoms with van der Waals surface area (Å²) in [6.07, 6.45) is 1.06. The van der Waals surface area contributed by atoms with Crippen LogP contribution in [0.2, 0.25) is 0 Å². The Labute approximate surface area is 49.7 Å². The van der Waals surface area contributed by atoms with E-state index >= 15 is 0 Å². The maximum absolute atomic E-state index is 4.95. The van der Waals surface area contributed by atoms with E-state index in [0.29, 0.717) is 5.01 Å². The average Bonchev–Trinajstić information content (AvgIpc) is 1.65. The van der Waals surface area contributed by atoms with E-state index in [1.807, 2.05) is 0 Å². The van der Waals surface area contributed by atoms with E-state index in [1.54, 1.807) is 0 Å². The SMILES string of the molecule is CCC(Br)O[SiH3]. The summed E-state index contributed by atoms with van der Waals surface area (Å²) in [7, 11) is 0.836. The maximum Gasteiger partial charge on any atom is 0.147 e. The van der Waals surface area contributed by atoms with Crippen molar-refractivity contribution in [2.75, 3.05) is 0 Å². The van der Waals surface area contributed by atoms with Gasteiger partial charge in [-0.05, 0) is 6.42 Å². The number of hydrogen-bond donors (Lipinski definition) is 0. The summed E-state index contributed by atoms with van der Waals surface area (Å²) in [5.74, 6) is 0. The minimum atomic E-state index is 0.309. The Morgan fingerprint density at radius 2 is 2.50 bits per heavy atom. The molecule has 6 heavy (non-hydrogen) atoms. The molecule has 0 saturated carbocycles. The van der Waals surface area contributed by atoms with Crippen molar-refractivity contribution in [3.63, 3.8) is 0 Å². The molecular formula is C3H9BrOSi. The molecule has 0 aromatic rings. The van der Waals surface area contributed by atoms with Gasteiger partial charge in [-0.3, -0.25) is 0 Å². The minimum absolute atomic E-state index is 0.309. The molecule has 0 rings (SSSR count). The lowest BCUT2D eigenvalue weighted by Crippen LogP contribution is -1.96. The maximum atomic E-state index is 4.95. The van der Waals surface area contributed by atoms with Gasteiger partial charge in [0.15, 0.2) is 0 Å². The van der Waals surface area contributed by atoms with Crippen LogP contribution in [0.15, 0.2) is 0 Å². The highest BCUT2D eigenvalue weighted by molar-refractivity contribution is 9.09. The van der Waals surface area contributed by atoms with Crippen molar-refractivity contribution in [3.8, 4) is 0 Å².